The van der Waals surface area contributed by atoms with E-state index in [1.807, 2.05) is 12.3 Å². The molecule has 2 aromatic rings. The summed E-state index contributed by atoms with van der Waals surface area (Å²) < 4.78 is 6.31. The van der Waals surface area contributed by atoms with Gasteiger partial charge in [-0.2, -0.15) is 0 Å². The van der Waals surface area contributed by atoms with E-state index in [1.165, 1.54) is 5.56 Å². The van der Waals surface area contributed by atoms with E-state index in [0.29, 0.717) is 6.61 Å². The minimum Gasteiger partial charge on any atom is -0.380 e. The van der Waals surface area contributed by atoms with Crippen molar-refractivity contribution in [1.82, 2.24) is 4.98 Å². The normalized spacial score (nSPS) is 10.9. The van der Waals surface area contributed by atoms with Gasteiger partial charge < -0.3 is 4.74 Å². The van der Waals surface area contributed by atoms with Gasteiger partial charge in [0.25, 0.3) is 0 Å². The topological polar surface area (TPSA) is 22.1 Å². The number of nitrogens with zero attached hydrogens (tertiary/aromatic N) is 1. The number of aryl methyl sites for hydroxylation is 1. The van der Waals surface area contributed by atoms with Crippen LogP contribution >= 0.6 is 15.9 Å². The molecule has 84 valence electrons. The van der Waals surface area contributed by atoms with Gasteiger partial charge in [0.05, 0.1) is 12.1 Å². The first-order valence-corrected chi connectivity index (χ1v) is 6.10. The third-order valence-electron chi connectivity index (χ3n) is 2.64. The minimum atomic E-state index is 0.605. The third kappa shape index (κ3) is 2.11. The number of halogens is 1. The maximum atomic E-state index is 5.22. The fourth-order valence-corrected chi connectivity index (χ4v) is 2.25. The van der Waals surface area contributed by atoms with Crippen molar-refractivity contribution in [3.8, 4) is 0 Å². The van der Waals surface area contributed by atoms with Gasteiger partial charge in [0.15, 0.2) is 0 Å². The first-order chi connectivity index (χ1) is 7.76. The van der Waals surface area contributed by atoms with E-state index in [4.69, 9.17) is 4.74 Å². The molecular weight excluding hydrogens is 266 g/mol. The molecule has 0 radical (unpaired) electrons. The van der Waals surface area contributed by atoms with Gasteiger partial charge in [-0.05, 0) is 24.1 Å². The van der Waals surface area contributed by atoms with Crippen molar-refractivity contribution in [1.29, 1.82) is 0 Å². The summed E-state index contributed by atoms with van der Waals surface area (Å²) >= 11 is 3.56. The van der Waals surface area contributed by atoms with Gasteiger partial charge in [0.1, 0.15) is 0 Å². The second-order valence-corrected chi connectivity index (χ2v) is 4.58. The van der Waals surface area contributed by atoms with Crippen molar-refractivity contribution in [2.45, 2.75) is 20.0 Å². The third-order valence-corrected chi connectivity index (χ3v) is 3.33. The van der Waals surface area contributed by atoms with Crippen LogP contribution in [-0.4, -0.2) is 12.1 Å². The van der Waals surface area contributed by atoms with Crippen molar-refractivity contribution >= 4 is 26.8 Å². The van der Waals surface area contributed by atoms with Crippen LogP contribution in [0.2, 0.25) is 0 Å². The highest BCUT2D eigenvalue weighted by Crippen LogP contribution is 2.26. The van der Waals surface area contributed by atoms with Gasteiger partial charge in [-0.25, -0.2) is 0 Å². The Morgan fingerprint density at radius 2 is 2.19 bits per heavy atom. The molecular formula is C13H14BrNO. The van der Waals surface area contributed by atoms with Crippen LogP contribution in [-0.2, 0) is 17.8 Å². The summed E-state index contributed by atoms with van der Waals surface area (Å²) in [4.78, 5) is 4.43. The number of aromatic nitrogens is 1. The van der Waals surface area contributed by atoms with Crippen LogP contribution in [0.4, 0.5) is 0 Å². The van der Waals surface area contributed by atoms with Gasteiger partial charge >= 0.3 is 0 Å². The predicted molar refractivity (Wildman–Crippen MR) is 69.5 cm³/mol. The Hall–Kier alpha value is -0.930. The highest BCUT2D eigenvalue weighted by atomic mass is 79.9. The molecule has 0 spiro atoms. The number of pyridine rings is 1. The van der Waals surface area contributed by atoms with Gasteiger partial charge in [0.2, 0.25) is 0 Å². The standard InChI is InChI=1S/C13H14BrNO/c1-3-9-6-10(8-16-2)13-11(7-9)12(14)4-5-15-13/h4-7H,3,8H2,1-2H3. The molecule has 0 aliphatic heterocycles. The van der Waals surface area contributed by atoms with E-state index >= 15 is 0 Å². The molecule has 1 aromatic carbocycles. The van der Waals surface area contributed by atoms with Gasteiger partial charge in [-0.1, -0.05) is 28.9 Å². The zero-order chi connectivity index (χ0) is 11.5. The lowest BCUT2D eigenvalue weighted by Gasteiger charge is -2.09. The SMILES string of the molecule is CCc1cc(COC)c2nccc(Br)c2c1. The first kappa shape index (κ1) is 11.6. The van der Waals surface area contributed by atoms with Gasteiger partial charge in [-0.15, -0.1) is 0 Å². The molecule has 0 amide bonds. The average molecular weight is 280 g/mol. The molecule has 1 aromatic heterocycles. The average Bonchev–Trinajstić information content (AvgIpc) is 2.30. The highest BCUT2D eigenvalue weighted by molar-refractivity contribution is 9.10. The Morgan fingerprint density at radius 3 is 2.88 bits per heavy atom. The maximum absolute atomic E-state index is 5.22. The predicted octanol–water partition coefficient (Wildman–Crippen LogP) is 3.71. The summed E-state index contributed by atoms with van der Waals surface area (Å²) in [6, 6.07) is 6.33. The number of benzene rings is 1. The van der Waals surface area contributed by atoms with Crippen molar-refractivity contribution in [2.75, 3.05) is 7.11 Å². The molecule has 1 heterocycles. The van der Waals surface area contributed by atoms with Gasteiger partial charge in [0, 0.05) is 28.7 Å². The summed E-state index contributed by atoms with van der Waals surface area (Å²) in [6.07, 6.45) is 2.84. The molecule has 3 heteroatoms. The Labute approximate surface area is 104 Å². The fourth-order valence-electron chi connectivity index (χ4n) is 1.83. The van der Waals surface area contributed by atoms with Crippen LogP contribution in [0.5, 0.6) is 0 Å². The Bertz CT molecular complexity index is 511. The molecule has 0 bridgehead atoms. The lowest BCUT2D eigenvalue weighted by Crippen LogP contribution is -1.95. The molecule has 0 unspecified atom stereocenters. The molecule has 0 fully saturated rings. The van der Waals surface area contributed by atoms with Crippen LogP contribution in [0.1, 0.15) is 18.1 Å². The van der Waals surface area contributed by atoms with E-state index in [9.17, 15) is 0 Å². The van der Waals surface area contributed by atoms with Crippen LogP contribution < -0.4 is 0 Å². The quantitative estimate of drug-likeness (QED) is 0.855. The molecule has 2 nitrogen and oxygen atoms in total. The van der Waals surface area contributed by atoms with Gasteiger partial charge in [-0.3, -0.25) is 4.98 Å². The summed E-state index contributed by atoms with van der Waals surface area (Å²) in [5.41, 5.74) is 3.49. The van der Waals surface area contributed by atoms with Crippen LogP contribution in [0.3, 0.4) is 0 Å². The Kier molecular flexibility index (Phi) is 3.56. The Morgan fingerprint density at radius 1 is 1.38 bits per heavy atom. The largest absolute Gasteiger partial charge is 0.380 e. The fraction of sp³-hybridized carbons (Fsp3) is 0.308. The van der Waals surface area contributed by atoms with E-state index in [2.05, 4.69) is 40.0 Å². The number of ether oxygens (including phenoxy) is 1. The summed E-state index contributed by atoms with van der Waals surface area (Å²) in [5, 5.41) is 1.16. The molecule has 0 aliphatic rings. The van der Waals surface area contributed by atoms with Crippen molar-refractivity contribution in [2.24, 2.45) is 0 Å². The number of rotatable bonds is 3. The summed E-state index contributed by atoms with van der Waals surface area (Å²) in [5.74, 6) is 0. The zero-order valence-corrected chi connectivity index (χ0v) is 11.0. The monoisotopic (exact) mass is 279 g/mol. The maximum Gasteiger partial charge on any atom is 0.0768 e. The van der Waals surface area contributed by atoms with Crippen LogP contribution in [0.15, 0.2) is 28.9 Å². The van der Waals surface area contributed by atoms with E-state index in [-0.39, 0.29) is 0 Å². The van der Waals surface area contributed by atoms with E-state index in [1.54, 1.807) is 7.11 Å². The molecule has 2 rings (SSSR count). The number of fused-ring (bicyclic) bond motifs is 1. The second-order valence-electron chi connectivity index (χ2n) is 3.73. The molecule has 0 N–H and O–H groups in total. The van der Waals surface area contributed by atoms with E-state index < -0.39 is 0 Å². The van der Waals surface area contributed by atoms with Crippen molar-refractivity contribution in [3.05, 3.63) is 40.0 Å². The Balaban J connectivity index is 2.71. The molecule has 0 saturated heterocycles. The van der Waals surface area contributed by atoms with E-state index in [0.717, 1.165) is 27.4 Å². The van der Waals surface area contributed by atoms with Crippen molar-refractivity contribution < 1.29 is 4.74 Å². The number of hydrogen-bond donors (Lipinski definition) is 0. The van der Waals surface area contributed by atoms with Crippen LogP contribution in [0.25, 0.3) is 10.9 Å². The summed E-state index contributed by atoms with van der Waals surface area (Å²) in [7, 11) is 1.71. The van der Waals surface area contributed by atoms with Crippen LogP contribution in [0, 0.1) is 0 Å². The lowest BCUT2D eigenvalue weighted by atomic mass is 10.0. The molecule has 0 atom stereocenters. The summed E-state index contributed by atoms with van der Waals surface area (Å²) in [6.45, 7) is 2.76. The molecule has 0 saturated carbocycles. The second kappa shape index (κ2) is 4.93. The van der Waals surface area contributed by atoms with Crippen molar-refractivity contribution in [3.63, 3.8) is 0 Å². The first-order valence-electron chi connectivity index (χ1n) is 5.31. The minimum absolute atomic E-state index is 0.605. The smallest absolute Gasteiger partial charge is 0.0768 e. The number of methoxy groups -OCH3 is 1. The number of hydrogen-bond acceptors (Lipinski definition) is 2. The highest BCUT2D eigenvalue weighted by Gasteiger charge is 2.07. The lowest BCUT2D eigenvalue weighted by molar-refractivity contribution is 0.186. The molecule has 0 aliphatic carbocycles. The molecule has 16 heavy (non-hydrogen) atoms. The zero-order valence-electron chi connectivity index (χ0n) is 9.46.